The summed E-state index contributed by atoms with van der Waals surface area (Å²) in [6.07, 6.45) is 0.184. The first-order valence-electron chi connectivity index (χ1n) is 6.70. The van der Waals surface area contributed by atoms with Gasteiger partial charge in [0.15, 0.2) is 0 Å². The average molecular weight is 310 g/mol. The molecule has 0 saturated carbocycles. The lowest BCUT2D eigenvalue weighted by Gasteiger charge is -2.28. The van der Waals surface area contributed by atoms with Crippen LogP contribution in [-0.4, -0.2) is 57.8 Å². The van der Waals surface area contributed by atoms with Gasteiger partial charge in [0.25, 0.3) is 0 Å². The van der Waals surface area contributed by atoms with Gasteiger partial charge in [0, 0.05) is 31.0 Å². The Bertz CT molecular complexity index is 500. The standard InChI is InChI=1S/C14H18N2O4S/c17-11-3-1-10(2-4-11)9-12(13(18)19)15-14(20)16-5-7-21-8-6-16/h1-4,12,17H,5-9H2,(H,15,20)(H,18,19)/t12-/m0/s1. The highest BCUT2D eigenvalue weighted by atomic mass is 32.2. The summed E-state index contributed by atoms with van der Waals surface area (Å²) < 4.78 is 0. The lowest BCUT2D eigenvalue weighted by molar-refractivity contribution is -0.139. The van der Waals surface area contributed by atoms with Crippen LogP contribution in [0.1, 0.15) is 5.56 Å². The molecule has 1 aromatic rings. The van der Waals surface area contributed by atoms with Gasteiger partial charge in [-0.2, -0.15) is 11.8 Å². The number of hydrogen-bond donors (Lipinski definition) is 3. The van der Waals surface area contributed by atoms with Crippen molar-refractivity contribution in [1.29, 1.82) is 0 Å². The quantitative estimate of drug-likeness (QED) is 0.776. The molecule has 1 saturated heterocycles. The molecule has 1 heterocycles. The Labute approximate surface area is 127 Å². The van der Waals surface area contributed by atoms with Crippen molar-refractivity contribution in [2.75, 3.05) is 24.6 Å². The molecule has 0 spiro atoms. The number of carbonyl (C=O) groups is 2. The number of carboxylic acid groups (broad SMARTS) is 1. The maximum absolute atomic E-state index is 12.1. The first-order valence-corrected chi connectivity index (χ1v) is 7.85. The highest BCUT2D eigenvalue weighted by molar-refractivity contribution is 7.99. The SMILES string of the molecule is O=C(O)[C@H](Cc1ccc(O)cc1)NC(=O)N1CCSCC1. The van der Waals surface area contributed by atoms with Gasteiger partial charge in [-0.25, -0.2) is 9.59 Å². The summed E-state index contributed by atoms with van der Waals surface area (Å²) in [5, 5.41) is 21.0. The zero-order valence-electron chi connectivity index (χ0n) is 11.5. The van der Waals surface area contributed by atoms with Gasteiger partial charge in [-0.3, -0.25) is 0 Å². The summed E-state index contributed by atoms with van der Waals surface area (Å²) in [4.78, 5) is 25.0. The minimum Gasteiger partial charge on any atom is -0.508 e. The largest absolute Gasteiger partial charge is 0.508 e. The molecule has 0 radical (unpaired) electrons. The molecule has 1 fully saturated rings. The number of aliphatic carboxylic acids is 1. The van der Waals surface area contributed by atoms with Crippen molar-refractivity contribution in [3.63, 3.8) is 0 Å². The molecule has 0 aromatic heterocycles. The van der Waals surface area contributed by atoms with Crippen LogP contribution in [0.5, 0.6) is 5.75 Å². The number of carbonyl (C=O) groups excluding carboxylic acids is 1. The van der Waals surface area contributed by atoms with E-state index < -0.39 is 12.0 Å². The molecule has 114 valence electrons. The van der Waals surface area contributed by atoms with Gasteiger partial charge in [0.2, 0.25) is 0 Å². The molecule has 7 heteroatoms. The molecule has 21 heavy (non-hydrogen) atoms. The number of benzene rings is 1. The van der Waals surface area contributed by atoms with Gasteiger partial charge < -0.3 is 20.4 Å². The maximum atomic E-state index is 12.1. The molecule has 2 amide bonds. The highest BCUT2D eigenvalue weighted by Gasteiger charge is 2.24. The van der Waals surface area contributed by atoms with Crippen LogP contribution in [-0.2, 0) is 11.2 Å². The van der Waals surface area contributed by atoms with Gasteiger partial charge in [0.05, 0.1) is 0 Å². The van der Waals surface area contributed by atoms with Gasteiger partial charge in [-0.1, -0.05) is 12.1 Å². The van der Waals surface area contributed by atoms with Crippen LogP contribution >= 0.6 is 11.8 Å². The van der Waals surface area contributed by atoms with Crippen LogP contribution in [0.2, 0.25) is 0 Å². The molecule has 6 nitrogen and oxygen atoms in total. The number of aromatic hydroxyl groups is 1. The fourth-order valence-corrected chi connectivity index (χ4v) is 2.98. The van der Waals surface area contributed by atoms with Crippen molar-refractivity contribution < 1.29 is 19.8 Å². The molecular formula is C14H18N2O4S. The Morgan fingerprint density at radius 3 is 2.43 bits per heavy atom. The number of carboxylic acids is 1. The van der Waals surface area contributed by atoms with E-state index in [1.165, 1.54) is 12.1 Å². The Morgan fingerprint density at radius 2 is 1.86 bits per heavy atom. The summed E-state index contributed by atoms with van der Waals surface area (Å²) in [7, 11) is 0. The fourth-order valence-electron chi connectivity index (χ4n) is 2.07. The number of phenols is 1. The summed E-state index contributed by atoms with van der Waals surface area (Å²) in [5.74, 6) is 0.815. The van der Waals surface area contributed by atoms with E-state index in [0.717, 1.165) is 17.1 Å². The lowest BCUT2D eigenvalue weighted by Crippen LogP contribution is -2.51. The molecule has 1 aromatic carbocycles. The van der Waals surface area contributed by atoms with Crippen molar-refractivity contribution >= 4 is 23.8 Å². The van der Waals surface area contributed by atoms with Gasteiger partial charge in [-0.15, -0.1) is 0 Å². The minimum absolute atomic E-state index is 0.125. The van der Waals surface area contributed by atoms with E-state index in [1.54, 1.807) is 28.8 Å². The van der Waals surface area contributed by atoms with Crippen LogP contribution in [0.15, 0.2) is 24.3 Å². The molecule has 0 unspecified atom stereocenters. The highest BCUT2D eigenvalue weighted by Crippen LogP contribution is 2.12. The third kappa shape index (κ3) is 4.56. The number of urea groups is 1. The van der Waals surface area contributed by atoms with Gasteiger partial charge in [0.1, 0.15) is 11.8 Å². The second-order valence-corrected chi connectivity index (χ2v) is 6.04. The van der Waals surface area contributed by atoms with Crippen LogP contribution in [0.3, 0.4) is 0 Å². The normalized spacial score (nSPS) is 16.3. The summed E-state index contributed by atoms with van der Waals surface area (Å²) in [6.45, 7) is 1.28. The molecular weight excluding hydrogens is 292 g/mol. The van der Waals surface area contributed by atoms with Crippen molar-refractivity contribution in [2.45, 2.75) is 12.5 Å². The van der Waals surface area contributed by atoms with Crippen LogP contribution < -0.4 is 5.32 Å². The third-order valence-electron chi connectivity index (χ3n) is 3.27. The number of thioether (sulfide) groups is 1. The summed E-state index contributed by atoms with van der Waals surface area (Å²) >= 11 is 1.78. The van der Waals surface area contributed by atoms with Gasteiger partial charge in [-0.05, 0) is 17.7 Å². The molecule has 2 rings (SSSR count). The van der Waals surface area contributed by atoms with Crippen molar-refractivity contribution in [2.24, 2.45) is 0 Å². The number of nitrogens with zero attached hydrogens (tertiary/aromatic N) is 1. The average Bonchev–Trinajstić information content (AvgIpc) is 2.49. The topological polar surface area (TPSA) is 89.9 Å². The predicted octanol–water partition coefficient (Wildman–Crippen LogP) is 1.15. The molecule has 1 atom stereocenters. The first-order chi connectivity index (χ1) is 10.1. The summed E-state index contributed by atoms with van der Waals surface area (Å²) in [6, 6.07) is 4.98. The number of hydrogen-bond acceptors (Lipinski definition) is 4. The van der Waals surface area contributed by atoms with Gasteiger partial charge >= 0.3 is 12.0 Å². The molecule has 0 bridgehead atoms. The zero-order chi connectivity index (χ0) is 15.2. The van der Waals surface area contributed by atoms with E-state index >= 15 is 0 Å². The maximum Gasteiger partial charge on any atom is 0.326 e. The molecule has 0 aliphatic carbocycles. The minimum atomic E-state index is -1.07. The van der Waals surface area contributed by atoms with Crippen LogP contribution in [0.25, 0.3) is 0 Å². The predicted molar refractivity (Wildman–Crippen MR) is 80.7 cm³/mol. The number of nitrogens with one attached hydrogen (secondary N) is 1. The molecule has 1 aliphatic rings. The smallest absolute Gasteiger partial charge is 0.326 e. The van der Waals surface area contributed by atoms with E-state index in [1.807, 2.05) is 0 Å². The Kier molecular flexibility index (Phi) is 5.32. The lowest BCUT2D eigenvalue weighted by atomic mass is 10.1. The van der Waals surface area contributed by atoms with E-state index in [2.05, 4.69) is 5.32 Å². The van der Waals surface area contributed by atoms with E-state index in [9.17, 15) is 19.8 Å². The van der Waals surface area contributed by atoms with E-state index in [4.69, 9.17) is 0 Å². The Morgan fingerprint density at radius 1 is 1.24 bits per heavy atom. The zero-order valence-corrected chi connectivity index (χ0v) is 12.3. The van der Waals surface area contributed by atoms with Crippen molar-refractivity contribution in [3.8, 4) is 5.75 Å². The van der Waals surface area contributed by atoms with E-state index in [-0.39, 0.29) is 18.2 Å². The van der Waals surface area contributed by atoms with Crippen LogP contribution in [0.4, 0.5) is 4.79 Å². The Balaban J connectivity index is 1.96. The summed E-state index contributed by atoms with van der Waals surface area (Å²) in [5.41, 5.74) is 0.745. The number of rotatable bonds is 4. The second-order valence-electron chi connectivity index (χ2n) is 4.81. The molecule has 3 N–H and O–H groups in total. The first kappa shape index (κ1) is 15.5. The second kappa shape index (κ2) is 7.21. The Hall–Kier alpha value is -1.89. The monoisotopic (exact) mass is 310 g/mol. The third-order valence-corrected chi connectivity index (χ3v) is 4.21. The van der Waals surface area contributed by atoms with Crippen molar-refractivity contribution in [1.82, 2.24) is 10.2 Å². The molecule has 1 aliphatic heterocycles. The number of phenolic OH excluding ortho intramolecular Hbond substituents is 1. The van der Waals surface area contributed by atoms with Crippen molar-refractivity contribution in [3.05, 3.63) is 29.8 Å². The van der Waals surface area contributed by atoms with E-state index in [0.29, 0.717) is 13.1 Å². The van der Waals surface area contributed by atoms with Crippen LogP contribution in [0, 0.1) is 0 Å². The fraction of sp³-hybridized carbons (Fsp3) is 0.429. The number of amides is 2.